The summed E-state index contributed by atoms with van der Waals surface area (Å²) in [6, 6.07) is 22.1. The van der Waals surface area contributed by atoms with Gasteiger partial charge in [-0.05, 0) is 61.0 Å². The molecule has 0 radical (unpaired) electrons. The average molecular weight is 482 g/mol. The van der Waals surface area contributed by atoms with E-state index in [-0.39, 0.29) is 5.57 Å². The van der Waals surface area contributed by atoms with Gasteiger partial charge in [0.25, 0.3) is 5.91 Å². The molecule has 0 aliphatic carbocycles. The minimum absolute atomic E-state index is 0.0231. The minimum atomic E-state index is -0.482. The number of nitrogens with zero attached hydrogens (tertiary/aromatic N) is 1. The summed E-state index contributed by atoms with van der Waals surface area (Å²) >= 11 is 9.34. The molecule has 6 heteroatoms. The maximum Gasteiger partial charge on any atom is 0.266 e. The van der Waals surface area contributed by atoms with E-state index in [2.05, 4.69) is 21.2 Å². The van der Waals surface area contributed by atoms with E-state index >= 15 is 0 Å². The molecule has 0 atom stereocenters. The summed E-state index contributed by atoms with van der Waals surface area (Å²) in [5, 5.41) is 12.9. The monoisotopic (exact) mass is 480 g/mol. The fraction of sp³-hybridized carbons (Fsp3) is 0.0833. The molecule has 3 aromatic rings. The van der Waals surface area contributed by atoms with E-state index in [1.165, 1.54) is 6.08 Å². The molecule has 0 heterocycles. The van der Waals surface area contributed by atoms with Crippen molar-refractivity contribution in [2.45, 2.75) is 13.5 Å². The molecular formula is C24H18BrClN2O2. The van der Waals surface area contributed by atoms with Crippen molar-refractivity contribution in [3.05, 3.63) is 98.5 Å². The van der Waals surface area contributed by atoms with Crippen molar-refractivity contribution in [1.82, 2.24) is 0 Å². The highest BCUT2D eigenvalue weighted by atomic mass is 79.9. The van der Waals surface area contributed by atoms with E-state index in [0.717, 1.165) is 15.6 Å². The summed E-state index contributed by atoms with van der Waals surface area (Å²) in [7, 11) is 0. The van der Waals surface area contributed by atoms with E-state index in [0.29, 0.717) is 28.6 Å². The Morgan fingerprint density at radius 2 is 1.83 bits per heavy atom. The summed E-state index contributed by atoms with van der Waals surface area (Å²) in [6.07, 6.45) is 1.52. The fourth-order valence-corrected chi connectivity index (χ4v) is 3.15. The van der Waals surface area contributed by atoms with Crippen molar-refractivity contribution in [3.63, 3.8) is 0 Å². The average Bonchev–Trinajstić information content (AvgIpc) is 2.74. The number of hydrogen-bond donors (Lipinski definition) is 1. The van der Waals surface area contributed by atoms with E-state index in [1.807, 2.05) is 43.3 Å². The van der Waals surface area contributed by atoms with Gasteiger partial charge in [0.2, 0.25) is 0 Å². The van der Waals surface area contributed by atoms with Crippen molar-refractivity contribution in [2.75, 3.05) is 5.32 Å². The van der Waals surface area contributed by atoms with Crippen molar-refractivity contribution in [3.8, 4) is 11.8 Å². The number of hydrogen-bond acceptors (Lipinski definition) is 3. The number of carbonyl (C=O) groups excluding carboxylic acids is 1. The van der Waals surface area contributed by atoms with Crippen LogP contribution in [0.2, 0.25) is 5.02 Å². The van der Waals surface area contributed by atoms with E-state index in [4.69, 9.17) is 16.3 Å². The van der Waals surface area contributed by atoms with Gasteiger partial charge in [-0.1, -0.05) is 57.4 Å². The van der Waals surface area contributed by atoms with Crippen molar-refractivity contribution in [1.29, 1.82) is 5.26 Å². The van der Waals surface area contributed by atoms with Crippen LogP contribution in [0.4, 0.5) is 5.69 Å². The third-order valence-electron chi connectivity index (χ3n) is 4.25. The minimum Gasteiger partial charge on any atom is -0.488 e. The predicted octanol–water partition coefficient (Wildman–Crippen LogP) is 6.54. The van der Waals surface area contributed by atoms with Crippen molar-refractivity contribution in [2.24, 2.45) is 0 Å². The largest absolute Gasteiger partial charge is 0.488 e. The zero-order valence-electron chi connectivity index (χ0n) is 16.2. The summed E-state index contributed by atoms with van der Waals surface area (Å²) < 4.78 is 6.73. The highest BCUT2D eigenvalue weighted by Crippen LogP contribution is 2.27. The van der Waals surface area contributed by atoms with Gasteiger partial charge < -0.3 is 10.1 Å². The molecule has 3 aromatic carbocycles. The molecular weight excluding hydrogens is 464 g/mol. The first kappa shape index (κ1) is 21.6. The van der Waals surface area contributed by atoms with E-state index in [1.54, 1.807) is 36.4 Å². The molecule has 0 unspecified atom stereocenters. The Kier molecular flexibility index (Phi) is 7.29. The Bertz CT molecular complexity index is 1120. The Morgan fingerprint density at radius 3 is 2.50 bits per heavy atom. The van der Waals surface area contributed by atoms with Crippen LogP contribution in [0, 0.1) is 18.3 Å². The number of benzene rings is 3. The van der Waals surface area contributed by atoms with Crippen LogP contribution in [-0.2, 0) is 11.4 Å². The number of aryl methyl sites for hydroxylation is 1. The molecule has 0 saturated carbocycles. The number of halogens is 2. The first-order valence-electron chi connectivity index (χ1n) is 9.11. The second-order valence-corrected chi connectivity index (χ2v) is 7.94. The predicted molar refractivity (Wildman–Crippen MR) is 123 cm³/mol. The van der Waals surface area contributed by atoms with Crippen LogP contribution in [0.3, 0.4) is 0 Å². The summed E-state index contributed by atoms with van der Waals surface area (Å²) in [5.41, 5.74) is 3.26. The third kappa shape index (κ3) is 5.96. The number of rotatable bonds is 6. The van der Waals surface area contributed by atoms with Crippen LogP contribution >= 0.6 is 27.5 Å². The van der Waals surface area contributed by atoms with Gasteiger partial charge in [0.1, 0.15) is 24.0 Å². The van der Waals surface area contributed by atoms with Crippen LogP contribution in [0.25, 0.3) is 6.08 Å². The van der Waals surface area contributed by atoms with Crippen LogP contribution in [0.5, 0.6) is 5.75 Å². The zero-order valence-corrected chi connectivity index (χ0v) is 18.5. The Labute approximate surface area is 188 Å². The SMILES string of the molecule is Cc1ccc(NC(=O)/C(C#N)=C/c2cc(Br)ccc2OCc2ccc(Cl)cc2)cc1. The molecule has 0 aliphatic heterocycles. The lowest BCUT2D eigenvalue weighted by Crippen LogP contribution is -2.13. The lowest BCUT2D eigenvalue weighted by Gasteiger charge is -2.11. The first-order chi connectivity index (χ1) is 14.4. The van der Waals surface area contributed by atoms with Gasteiger partial charge in [-0.2, -0.15) is 5.26 Å². The molecule has 1 amide bonds. The van der Waals surface area contributed by atoms with Crippen LogP contribution in [0.15, 0.2) is 76.8 Å². The number of carbonyl (C=O) groups is 1. The number of amides is 1. The van der Waals surface area contributed by atoms with Crippen LogP contribution in [-0.4, -0.2) is 5.91 Å². The maximum absolute atomic E-state index is 12.6. The molecule has 0 aliphatic rings. The standard InChI is InChI=1S/C24H18BrClN2O2/c1-16-2-9-22(10-3-16)28-24(29)19(14-27)12-18-13-20(25)6-11-23(18)30-15-17-4-7-21(26)8-5-17/h2-13H,15H2,1H3,(H,28,29)/b19-12+. The van der Waals surface area contributed by atoms with Gasteiger partial charge >= 0.3 is 0 Å². The Morgan fingerprint density at radius 1 is 1.13 bits per heavy atom. The third-order valence-corrected chi connectivity index (χ3v) is 5.00. The Hall–Kier alpha value is -3.07. The quantitative estimate of drug-likeness (QED) is 0.321. The fourth-order valence-electron chi connectivity index (χ4n) is 2.64. The van der Waals surface area contributed by atoms with Gasteiger partial charge in [0.15, 0.2) is 0 Å². The van der Waals surface area contributed by atoms with Gasteiger partial charge in [0.05, 0.1) is 0 Å². The smallest absolute Gasteiger partial charge is 0.266 e. The first-order valence-corrected chi connectivity index (χ1v) is 10.3. The lowest BCUT2D eigenvalue weighted by atomic mass is 10.1. The number of anilines is 1. The molecule has 0 spiro atoms. The van der Waals surface area contributed by atoms with Gasteiger partial charge in [-0.15, -0.1) is 0 Å². The molecule has 0 aromatic heterocycles. The summed E-state index contributed by atoms with van der Waals surface area (Å²) in [5.74, 6) is 0.0778. The molecule has 4 nitrogen and oxygen atoms in total. The second kappa shape index (κ2) is 10.1. The molecule has 3 rings (SSSR count). The highest BCUT2D eigenvalue weighted by molar-refractivity contribution is 9.10. The zero-order chi connectivity index (χ0) is 21.5. The highest BCUT2D eigenvalue weighted by Gasteiger charge is 2.12. The second-order valence-electron chi connectivity index (χ2n) is 6.59. The summed E-state index contributed by atoms with van der Waals surface area (Å²) in [4.78, 5) is 12.6. The normalized spacial score (nSPS) is 10.9. The molecule has 1 N–H and O–H groups in total. The molecule has 150 valence electrons. The molecule has 0 bridgehead atoms. The number of ether oxygens (including phenoxy) is 1. The Balaban J connectivity index is 1.81. The van der Waals surface area contributed by atoms with Gasteiger partial charge in [-0.25, -0.2) is 0 Å². The molecule has 30 heavy (non-hydrogen) atoms. The number of nitrogens with one attached hydrogen (secondary N) is 1. The van der Waals surface area contributed by atoms with Crippen LogP contribution in [0.1, 0.15) is 16.7 Å². The number of nitriles is 1. The molecule has 0 saturated heterocycles. The van der Waals surface area contributed by atoms with Gasteiger partial charge in [0, 0.05) is 20.7 Å². The van der Waals surface area contributed by atoms with Crippen molar-refractivity contribution < 1.29 is 9.53 Å². The van der Waals surface area contributed by atoms with Gasteiger partial charge in [-0.3, -0.25) is 4.79 Å². The van der Waals surface area contributed by atoms with E-state index in [9.17, 15) is 10.1 Å². The maximum atomic E-state index is 12.6. The lowest BCUT2D eigenvalue weighted by molar-refractivity contribution is -0.112. The van der Waals surface area contributed by atoms with E-state index < -0.39 is 5.91 Å². The van der Waals surface area contributed by atoms with Crippen LogP contribution < -0.4 is 10.1 Å². The summed E-state index contributed by atoms with van der Waals surface area (Å²) in [6.45, 7) is 2.29. The molecule has 0 fully saturated rings. The topological polar surface area (TPSA) is 62.1 Å². The van der Waals surface area contributed by atoms with Crippen molar-refractivity contribution >= 4 is 45.2 Å².